The lowest BCUT2D eigenvalue weighted by molar-refractivity contribution is -0.128. The number of pyridine rings is 7. The van der Waals surface area contributed by atoms with E-state index >= 15 is 0 Å². The zero-order valence-electron chi connectivity index (χ0n) is 79.4. The van der Waals surface area contributed by atoms with Crippen molar-refractivity contribution in [3.05, 3.63) is 333 Å². The van der Waals surface area contributed by atoms with E-state index in [0.717, 1.165) is 67.9 Å². The molecular formula is C107H83F3N20O19. The van der Waals surface area contributed by atoms with E-state index in [9.17, 15) is 70.7 Å². The molecule has 12 amide bonds. The van der Waals surface area contributed by atoms with Gasteiger partial charge in [-0.15, -0.1) is 0 Å². The number of carbonyl (C=O) groups excluding carboxylic acids is 12. The van der Waals surface area contributed by atoms with E-state index in [4.69, 9.17) is 41.8 Å². The number of methoxy groups -OCH3 is 3. The highest BCUT2D eigenvalue weighted by atomic mass is 19.1. The Hall–Kier alpha value is -19.1. The third kappa shape index (κ3) is 17.5. The van der Waals surface area contributed by atoms with Crippen LogP contribution >= 0.6 is 0 Å². The minimum absolute atomic E-state index is 0.0139. The van der Waals surface area contributed by atoms with Gasteiger partial charge in [0.1, 0.15) is 84.2 Å². The lowest BCUT2D eigenvalue weighted by atomic mass is 9.82. The summed E-state index contributed by atoms with van der Waals surface area (Å²) in [6, 6.07) is 46.7. The van der Waals surface area contributed by atoms with Gasteiger partial charge >= 0.3 is 0 Å². The molecule has 8 aliphatic rings. The fourth-order valence-corrected chi connectivity index (χ4v) is 20.2. The Morgan fingerprint density at radius 1 is 0.383 bits per heavy atom. The quantitative estimate of drug-likeness (QED) is 0.0292. The summed E-state index contributed by atoms with van der Waals surface area (Å²) in [6.45, 7) is 2.42. The van der Waals surface area contributed by atoms with Crippen LogP contribution in [0.25, 0.3) is 66.7 Å². The van der Waals surface area contributed by atoms with Gasteiger partial charge in [-0.2, -0.15) is 10.2 Å². The van der Waals surface area contributed by atoms with Crippen molar-refractivity contribution in [1.29, 1.82) is 0 Å². The minimum atomic E-state index is -1.55. The Bertz CT molecular complexity index is 8430. The maximum absolute atomic E-state index is 14.9. The number of carbonyl (C=O) groups is 12. The number of rotatable bonds is 23. The Labute approximate surface area is 839 Å². The third-order valence-electron chi connectivity index (χ3n) is 27.8. The Balaban J connectivity index is 0.000000114. The fraction of sp³-hybridized carbons (Fsp3) is 0.206. The fourth-order valence-electron chi connectivity index (χ4n) is 20.2. The summed E-state index contributed by atoms with van der Waals surface area (Å²) in [6.07, 6.45) is 15.0. The van der Waals surface area contributed by atoms with Crippen LogP contribution in [0.2, 0.25) is 0 Å². The van der Waals surface area contributed by atoms with Crippen molar-refractivity contribution in [2.45, 2.75) is 93.3 Å². The molecule has 4 fully saturated rings. The van der Waals surface area contributed by atoms with Gasteiger partial charge in [-0.05, 0) is 120 Å². The van der Waals surface area contributed by atoms with Gasteiger partial charge in [0.25, 0.3) is 23.6 Å². The third-order valence-corrected chi connectivity index (χ3v) is 27.8. The number of hydrogen-bond donors (Lipinski definition) is 7. The number of anilines is 2. The van der Waals surface area contributed by atoms with E-state index < -0.39 is 92.3 Å². The van der Waals surface area contributed by atoms with Crippen LogP contribution < -0.4 is 40.8 Å². The lowest BCUT2D eigenvalue weighted by Crippen LogP contribution is -2.46. The maximum atomic E-state index is 14.9. The molecule has 4 atom stereocenters. The first-order valence-electron chi connectivity index (χ1n) is 46.8. The van der Waals surface area contributed by atoms with Gasteiger partial charge in [-0.25, -0.2) is 28.1 Å². The Morgan fingerprint density at radius 3 is 1.20 bits per heavy atom. The number of aryl methyl sites for hydroxylation is 1. The first kappa shape index (κ1) is 94.8. The molecule has 7 N–H and O–H groups in total. The number of H-pyrrole nitrogens is 2. The topological polar surface area (TPSA) is 506 Å². The molecular weight excluding hydrogens is 1930 g/mol. The average molecular weight is 2010 g/mol. The van der Waals surface area contributed by atoms with E-state index in [1.54, 1.807) is 133 Å². The van der Waals surface area contributed by atoms with Crippen LogP contribution in [-0.2, 0) is 99.0 Å². The standard InChI is InChI=1S/C30H23FN6O5.C30H24N6O5.C26H19F2N5O5.C21H17N3O4/c1-41-23-6-3-17-14-37(28(39)26(17)27(23)31)15-30(10-25(38)36-29(30)40)24-9-21-22(42-24)7-5-20(35-21)8-19-4-2-16(11-32-19)18-12-33-34-13-18;1-40-22-6-3-18-15-36(28(38)23(18)9-22)16-30(11-27(37)35-29(30)39)26-10-24-25(41-26)7-5-21(34-24)8-20-4-2-17(12-31-20)19-13-32-33-14-19;1-37-18-3-2-13-11-33(24(35)22(13)23(18)28)12-26(8-21(34)32-25(26)36)19-7-16-17(38-19)4-5-20(31-16)30-15-6-14(27)9-29-10-15;1-12-4-5-13-10-24(19(26)14(13)7-12)11-21(9-18(25)23-20(21)27)17-8-15-16(28-17)3-2-6-22-15/h2-7,9,11-13H,8,10,14-15H2,1H3,(H,33,34)(H,36,38,40);2-7,9-10,12-14H,8,11,15-16H2,1H3,(H,32,33)(H,35,37,39);2-7,9-10H,8,11-12H2,1H3,(H,30,31)(H,32,34,36);2-8H,9-11H2,1H3,(H,23,25,27)/t2*30-;26-;21-/m1111/s1. The number of benzene rings is 4. The van der Waals surface area contributed by atoms with Crippen molar-refractivity contribution in [3.8, 4) is 39.5 Å². The van der Waals surface area contributed by atoms with Crippen LogP contribution in [0.3, 0.4) is 0 Å². The summed E-state index contributed by atoms with van der Waals surface area (Å²) >= 11 is 0. The van der Waals surface area contributed by atoms with Crippen LogP contribution in [-0.4, -0.2) is 193 Å². The minimum Gasteiger partial charge on any atom is -0.497 e. The normalized spacial score (nSPS) is 18.9. The van der Waals surface area contributed by atoms with Crippen molar-refractivity contribution < 1.29 is 103 Å². The molecule has 0 bridgehead atoms. The first-order chi connectivity index (χ1) is 72.0. The lowest BCUT2D eigenvalue weighted by Gasteiger charge is -2.28. The summed E-state index contributed by atoms with van der Waals surface area (Å²) in [4.78, 5) is 191. The van der Waals surface area contributed by atoms with Crippen LogP contribution in [0.1, 0.15) is 141 Å². The molecule has 0 unspecified atom stereocenters. The Morgan fingerprint density at radius 2 is 0.792 bits per heavy atom. The highest BCUT2D eigenvalue weighted by molar-refractivity contribution is 6.13. The number of furan rings is 4. The molecule has 13 aromatic heterocycles. The number of aromatic nitrogens is 11. The van der Waals surface area contributed by atoms with Gasteiger partial charge < -0.3 is 56.8 Å². The number of imide groups is 4. The summed E-state index contributed by atoms with van der Waals surface area (Å²) < 4.78 is 82.7. The van der Waals surface area contributed by atoms with Crippen molar-refractivity contribution in [1.82, 2.24) is 96.1 Å². The predicted molar refractivity (Wildman–Crippen MR) is 520 cm³/mol. The molecule has 0 aliphatic carbocycles. The highest BCUT2D eigenvalue weighted by Gasteiger charge is 2.58. The largest absolute Gasteiger partial charge is 0.497 e. The maximum Gasteiger partial charge on any atom is 0.257 e. The number of nitrogens with one attached hydrogen (secondary N) is 7. The number of ether oxygens (including phenoxy) is 3. The number of nitrogens with zero attached hydrogens (tertiary/aromatic N) is 13. The molecule has 0 saturated carbocycles. The summed E-state index contributed by atoms with van der Waals surface area (Å²) in [5, 5.41) is 25.9. The smallest absolute Gasteiger partial charge is 0.257 e. The Kier molecular flexibility index (Phi) is 23.9. The molecule has 4 aromatic carbocycles. The van der Waals surface area contributed by atoms with E-state index in [-0.39, 0.29) is 117 Å². The van der Waals surface area contributed by atoms with E-state index in [2.05, 4.69) is 71.9 Å². The van der Waals surface area contributed by atoms with Gasteiger partial charge in [0.2, 0.25) is 47.3 Å². The molecule has 42 heteroatoms. The van der Waals surface area contributed by atoms with Gasteiger partial charge in [0.15, 0.2) is 45.5 Å². The van der Waals surface area contributed by atoms with Crippen LogP contribution in [0.15, 0.2) is 237 Å². The number of amides is 12. The van der Waals surface area contributed by atoms with Gasteiger partial charge in [0.05, 0.1) is 88.6 Å². The molecule has 8 aliphatic heterocycles. The summed E-state index contributed by atoms with van der Waals surface area (Å²) in [5.41, 5.74) is 10.1. The summed E-state index contributed by atoms with van der Waals surface area (Å²) in [7, 11) is 4.16. The molecule has 746 valence electrons. The first-order valence-corrected chi connectivity index (χ1v) is 46.8. The SMILES string of the molecule is COc1ccc2c(c1)C(=O)N(C[C@@]1(c3cc4nc(Cc5ccc(-c6cn[nH]c6)cn5)ccc4o3)CC(=O)NC1=O)C2.COc1ccc2c(c1F)C(=O)N(C[C@@]1(c3cc4nc(Cc5ccc(-c6cn[nH]c6)cn5)ccc4o3)CC(=O)NC1=O)C2.COc1ccc2c(c1F)C(=O)N(C[C@@]1(c3cc4nc(Nc5cncc(F)c5)ccc4o3)CC(=O)NC1=O)C2.Cc1ccc2c(c1)C(=O)N(C[C@@]1(c3cc4ncccc4o3)CC(=O)NC1=O)C2. The number of hydrogen-bond acceptors (Lipinski definition) is 29. The second-order valence-corrected chi connectivity index (χ2v) is 37.3. The summed E-state index contributed by atoms with van der Waals surface area (Å²) in [5.74, 6) is -5.78. The van der Waals surface area contributed by atoms with Crippen LogP contribution in [0, 0.1) is 24.4 Å². The number of halogens is 3. The second-order valence-electron chi connectivity index (χ2n) is 37.3. The molecule has 25 rings (SSSR count). The monoisotopic (exact) mass is 2010 g/mol. The zero-order chi connectivity index (χ0) is 103. The van der Waals surface area contributed by atoms with Crippen LogP contribution in [0.5, 0.6) is 17.2 Å². The second kappa shape index (κ2) is 37.6. The zero-order valence-corrected chi connectivity index (χ0v) is 79.4. The van der Waals surface area contributed by atoms with Gasteiger partial charge in [-0.1, -0.05) is 48.0 Å². The average Bonchev–Trinajstić information content (AvgIpc) is 1.60. The molecule has 4 saturated heterocycles. The van der Waals surface area contributed by atoms with E-state index in [0.29, 0.717) is 121 Å². The molecule has 17 aromatic rings. The van der Waals surface area contributed by atoms with Gasteiger partial charge in [-0.3, -0.25) is 109 Å². The van der Waals surface area contributed by atoms with Crippen molar-refractivity contribution in [3.63, 3.8) is 0 Å². The highest BCUT2D eigenvalue weighted by Crippen LogP contribution is 2.47. The number of aromatic amines is 2. The molecule has 39 nitrogen and oxygen atoms in total. The number of fused-ring (bicyclic) bond motifs is 8. The van der Waals surface area contributed by atoms with Crippen molar-refractivity contribution >= 4 is 127 Å². The molecule has 149 heavy (non-hydrogen) atoms. The molecule has 21 heterocycles. The van der Waals surface area contributed by atoms with E-state index in [1.807, 2.05) is 73.8 Å². The molecule has 0 spiro atoms. The van der Waals surface area contributed by atoms with Gasteiger partial charge in [0, 0.05) is 183 Å². The predicted octanol–water partition coefficient (Wildman–Crippen LogP) is 11.7. The molecule has 0 radical (unpaired) electrons. The van der Waals surface area contributed by atoms with Crippen molar-refractivity contribution in [2.75, 3.05) is 52.8 Å². The van der Waals surface area contributed by atoms with E-state index in [1.165, 1.54) is 54.5 Å². The van der Waals surface area contributed by atoms with Crippen molar-refractivity contribution in [2.24, 2.45) is 0 Å². The van der Waals surface area contributed by atoms with Crippen LogP contribution in [0.4, 0.5) is 24.7 Å².